The maximum absolute atomic E-state index is 11.4. The van der Waals surface area contributed by atoms with Gasteiger partial charge in [0.1, 0.15) is 0 Å². The summed E-state index contributed by atoms with van der Waals surface area (Å²) in [6, 6.07) is 0. The van der Waals surface area contributed by atoms with Gasteiger partial charge in [-0.25, -0.2) is 0 Å². The molecule has 0 radical (unpaired) electrons. The van der Waals surface area contributed by atoms with Crippen molar-refractivity contribution in [3.63, 3.8) is 0 Å². The smallest absolute Gasteiger partial charge is 0.219 e. The maximum Gasteiger partial charge on any atom is 0.219 e. The van der Waals surface area contributed by atoms with E-state index < -0.39 is 0 Å². The molecule has 1 aliphatic rings. The number of hydrogen-bond donors (Lipinski definition) is 2. The normalized spacial score (nSPS) is 19.9. The van der Waals surface area contributed by atoms with Crippen LogP contribution in [0.25, 0.3) is 0 Å². The van der Waals surface area contributed by atoms with Gasteiger partial charge in [-0.1, -0.05) is 0 Å². The molecule has 0 atom stereocenters. The van der Waals surface area contributed by atoms with Gasteiger partial charge in [0.2, 0.25) is 11.8 Å². The molecule has 1 heterocycles. The summed E-state index contributed by atoms with van der Waals surface area (Å²) in [5.41, 5.74) is 0. The quantitative estimate of drug-likeness (QED) is 0.576. The number of carbonyl (C=O) groups is 2. The Morgan fingerprint density at radius 2 is 1.00 bits per heavy atom. The lowest BCUT2D eigenvalue weighted by Gasteiger charge is -2.25. The molecule has 0 bridgehead atoms. The van der Waals surface area contributed by atoms with Crippen LogP contribution in [0.15, 0.2) is 0 Å². The average Bonchev–Trinajstić information content (AvgIpc) is 2.28. The van der Waals surface area contributed by atoms with Crippen molar-refractivity contribution in [3.8, 4) is 0 Å². The van der Waals surface area contributed by atoms with Gasteiger partial charge in [0.25, 0.3) is 0 Å². The minimum absolute atomic E-state index is 0.112. The fraction of sp³-hybridized carbons (Fsp3) is 0.833. The first-order chi connectivity index (χ1) is 8.61. The fourth-order valence-electron chi connectivity index (χ4n) is 1.96. The highest BCUT2D eigenvalue weighted by molar-refractivity contribution is 5.73. The van der Waals surface area contributed by atoms with Crippen molar-refractivity contribution in [2.45, 2.75) is 13.8 Å². The van der Waals surface area contributed by atoms with E-state index in [4.69, 9.17) is 0 Å². The Labute approximate surface area is 109 Å². The van der Waals surface area contributed by atoms with Crippen molar-refractivity contribution in [2.75, 3.05) is 52.4 Å². The van der Waals surface area contributed by atoms with Crippen LogP contribution in [0.1, 0.15) is 13.8 Å². The zero-order chi connectivity index (χ0) is 13.4. The van der Waals surface area contributed by atoms with Gasteiger partial charge in [0, 0.05) is 66.2 Å². The van der Waals surface area contributed by atoms with E-state index in [0.717, 1.165) is 52.4 Å². The van der Waals surface area contributed by atoms with E-state index in [2.05, 4.69) is 10.6 Å². The fourth-order valence-corrected chi connectivity index (χ4v) is 1.96. The third kappa shape index (κ3) is 5.46. The van der Waals surface area contributed by atoms with Crippen LogP contribution < -0.4 is 10.6 Å². The summed E-state index contributed by atoms with van der Waals surface area (Å²) in [5, 5.41) is 6.53. The van der Waals surface area contributed by atoms with Gasteiger partial charge in [-0.2, -0.15) is 0 Å². The van der Waals surface area contributed by atoms with Crippen molar-refractivity contribution in [2.24, 2.45) is 0 Å². The van der Waals surface area contributed by atoms with Crippen LogP contribution in [-0.2, 0) is 9.59 Å². The Morgan fingerprint density at radius 3 is 1.22 bits per heavy atom. The maximum atomic E-state index is 11.4. The second kappa shape index (κ2) is 8.05. The molecule has 104 valence electrons. The molecule has 6 nitrogen and oxygen atoms in total. The highest BCUT2D eigenvalue weighted by atomic mass is 16.2. The lowest BCUT2D eigenvalue weighted by Crippen LogP contribution is -2.45. The summed E-state index contributed by atoms with van der Waals surface area (Å²) >= 11 is 0. The summed E-state index contributed by atoms with van der Waals surface area (Å²) in [6.45, 7) is 9.16. The average molecular weight is 256 g/mol. The zero-order valence-corrected chi connectivity index (χ0v) is 11.4. The number of nitrogens with one attached hydrogen (secondary N) is 2. The van der Waals surface area contributed by atoms with E-state index in [1.54, 1.807) is 13.8 Å². The number of carbonyl (C=O) groups excluding carboxylic acids is 2. The second-order valence-electron chi connectivity index (χ2n) is 4.51. The Hall–Kier alpha value is -1.14. The topological polar surface area (TPSA) is 64.7 Å². The molecule has 0 aromatic rings. The molecule has 1 aliphatic heterocycles. The molecule has 0 saturated carbocycles. The standard InChI is InChI=1S/C12H24N4O2/c1-11(17)15-7-3-13-5-9-16(12(2)18)10-6-14-4-8-15/h13-14H,3-10H2,1-2H3. The first kappa shape index (κ1) is 14.9. The third-order valence-corrected chi connectivity index (χ3v) is 3.12. The summed E-state index contributed by atoms with van der Waals surface area (Å²) in [7, 11) is 0. The predicted molar refractivity (Wildman–Crippen MR) is 70.2 cm³/mol. The highest BCUT2D eigenvalue weighted by Gasteiger charge is 2.11. The molecule has 0 aliphatic carbocycles. The van der Waals surface area contributed by atoms with Crippen molar-refractivity contribution in [1.29, 1.82) is 0 Å². The van der Waals surface area contributed by atoms with Gasteiger partial charge in [-0.15, -0.1) is 0 Å². The van der Waals surface area contributed by atoms with Gasteiger partial charge >= 0.3 is 0 Å². The van der Waals surface area contributed by atoms with Crippen LogP contribution in [0, 0.1) is 0 Å². The van der Waals surface area contributed by atoms with Crippen molar-refractivity contribution >= 4 is 11.8 Å². The van der Waals surface area contributed by atoms with E-state index in [9.17, 15) is 9.59 Å². The Kier molecular flexibility index (Phi) is 6.67. The van der Waals surface area contributed by atoms with Gasteiger partial charge in [0.05, 0.1) is 0 Å². The molecular weight excluding hydrogens is 232 g/mol. The Morgan fingerprint density at radius 1 is 0.722 bits per heavy atom. The lowest BCUT2D eigenvalue weighted by molar-refractivity contribution is -0.129. The van der Waals surface area contributed by atoms with E-state index in [1.165, 1.54) is 0 Å². The monoisotopic (exact) mass is 256 g/mol. The van der Waals surface area contributed by atoms with Crippen LogP contribution >= 0.6 is 0 Å². The molecule has 0 spiro atoms. The number of amides is 2. The van der Waals surface area contributed by atoms with Gasteiger partial charge in [-0.3, -0.25) is 9.59 Å². The predicted octanol–water partition coefficient (Wildman–Crippen LogP) is -1.12. The van der Waals surface area contributed by atoms with Crippen molar-refractivity contribution in [1.82, 2.24) is 20.4 Å². The molecule has 18 heavy (non-hydrogen) atoms. The highest BCUT2D eigenvalue weighted by Crippen LogP contribution is 1.91. The van der Waals surface area contributed by atoms with E-state index in [0.29, 0.717) is 0 Å². The summed E-state index contributed by atoms with van der Waals surface area (Å²) in [6.07, 6.45) is 0. The minimum atomic E-state index is 0.112. The van der Waals surface area contributed by atoms with Crippen LogP contribution in [-0.4, -0.2) is 74.0 Å². The third-order valence-electron chi connectivity index (χ3n) is 3.12. The summed E-state index contributed by atoms with van der Waals surface area (Å²) < 4.78 is 0. The van der Waals surface area contributed by atoms with E-state index in [1.807, 2.05) is 9.80 Å². The van der Waals surface area contributed by atoms with Gasteiger partial charge < -0.3 is 20.4 Å². The molecule has 1 saturated heterocycles. The Bertz CT molecular complexity index is 243. The SMILES string of the molecule is CC(=O)N1CCNCCN(C(C)=O)CCNCC1. The van der Waals surface area contributed by atoms with Crippen molar-refractivity contribution in [3.05, 3.63) is 0 Å². The van der Waals surface area contributed by atoms with Crippen molar-refractivity contribution < 1.29 is 9.59 Å². The Balaban J connectivity index is 2.42. The molecule has 6 heteroatoms. The van der Waals surface area contributed by atoms with Crippen LogP contribution in [0.3, 0.4) is 0 Å². The summed E-state index contributed by atoms with van der Waals surface area (Å²) in [5.74, 6) is 0.224. The van der Waals surface area contributed by atoms with Crippen LogP contribution in [0.4, 0.5) is 0 Å². The first-order valence-corrected chi connectivity index (χ1v) is 6.53. The van der Waals surface area contributed by atoms with Crippen LogP contribution in [0.5, 0.6) is 0 Å². The first-order valence-electron chi connectivity index (χ1n) is 6.53. The molecule has 0 unspecified atom stereocenters. The minimum Gasteiger partial charge on any atom is -0.340 e. The number of rotatable bonds is 0. The molecule has 0 aromatic heterocycles. The largest absolute Gasteiger partial charge is 0.340 e. The van der Waals surface area contributed by atoms with Crippen LogP contribution in [0.2, 0.25) is 0 Å². The van der Waals surface area contributed by atoms with E-state index >= 15 is 0 Å². The van der Waals surface area contributed by atoms with Gasteiger partial charge in [0.15, 0.2) is 0 Å². The molecule has 2 N–H and O–H groups in total. The molecular formula is C12H24N4O2. The second-order valence-corrected chi connectivity index (χ2v) is 4.51. The zero-order valence-electron chi connectivity index (χ0n) is 11.4. The molecule has 1 rings (SSSR count). The number of hydrogen-bond acceptors (Lipinski definition) is 4. The molecule has 0 aromatic carbocycles. The van der Waals surface area contributed by atoms with Gasteiger partial charge in [-0.05, 0) is 0 Å². The molecule has 2 amide bonds. The lowest BCUT2D eigenvalue weighted by atomic mass is 10.4. The van der Waals surface area contributed by atoms with E-state index in [-0.39, 0.29) is 11.8 Å². The number of nitrogens with zero attached hydrogens (tertiary/aromatic N) is 2. The molecule has 1 fully saturated rings. The summed E-state index contributed by atoms with van der Waals surface area (Å²) in [4.78, 5) is 26.4.